The molecule has 0 aliphatic carbocycles. The number of aromatic hydroxyl groups is 1. The highest BCUT2D eigenvalue weighted by atomic mass is 16.3. The Morgan fingerprint density at radius 2 is 1.75 bits per heavy atom. The number of nitriles is 1. The summed E-state index contributed by atoms with van der Waals surface area (Å²) >= 11 is 0. The number of carbonyl (C=O) groups is 1. The molecule has 116 valence electrons. The lowest BCUT2D eigenvalue weighted by Gasteiger charge is -2.05. The predicted molar refractivity (Wildman–Crippen MR) is 91.8 cm³/mol. The molecule has 3 aromatic rings. The van der Waals surface area contributed by atoms with Crippen LogP contribution in [-0.4, -0.2) is 17.2 Å². The van der Waals surface area contributed by atoms with Crippen LogP contribution in [0.15, 0.2) is 65.8 Å². The molecule has 0 saturated carbocycles. The molecule has 0 heterocycles. The number of fused-ring (bicyclic) bond motifs is 1. The summed E-state index contributed by atoms with van der Waals surface area (Å²) in [6, 6.07) is 19.4. The van der Waals surface area contributed by atoms with Gasteiger partial charge in [-0.1, -0.05) is 36.4 Å². The van der Waals surface area contributed by atoms with Crippen LogP contribution in [0.25, 0.3) is 10.8 Å². The predicted octanol–water partition coefficient (Wildman–Crippen LogP) is 3.18. The lowest BCUT2D eigenvalue weighted by molar-refractivity contribution is 0.0952. The zero-order valence-corrected chi connectivity index (χ0v) is 12.6. The first kappa shape index (κ1) is 15.3. The Labute approximate surface area is 138 Å². The zero-order valence-electron chi connectivity index (χ0n) is 12.6. The van der Waals surface area contributed by atoms with E-state index < -0.39 is 5.91 Å². The fraction of sp³-hybridized carbons (Fsp3) is 0. The number of amides is 1. The van der Waals surface area contributed by atoms with Gasteiger partial charge in [-0.2, -0.15) is 10.4 Å². The third kappa shape index (κ3) is 3.23. The maximum atomic E-state index is 12.2. The summed E-state index contributed by atoms with van der Waals surface area (Å²) in [6.07, 6.45) is 1.47. The SMILES string of the molecule is N#Cc1ccc(/C=N/NC(=O)c2cc3ccccc3cc2O)cc1. The van der Waals surface area contributed by atoms with Crippen molar-refractivity contribution in [2.45, 2.75) is 0 Å². The lowest BCUT2D eigenvalue weighted by Crippen LogP contribution is -2.17. The van der Waals surface area contributed by atoms with E-state index in [0.717, 1.165) is 16.3 Å². The number of rotatable bonds is 3. The number of hydrogen-bond donors (Lipinski definition) is 2. The fourth-order valence-electron chi connectivity index (χ4n) is 2.28. The van der Waals surface area contributed by atoms with E-state index in [2.05, 4.69) is 10.5 Å². The summed E-state index contributed by atoms with van der Waals surface area (Å²) in [5, 5.41) is 24.3. The van der Waals surface area contributed by atoms with E-state index in [1.165, 1.54) is 6.21 Å². The third-order valence-corrected chi connectivity index (χ3v) is 3.53. The first-order valence-corrected chi connectivity index (χ1v) is 7.23. The largest absolute Gasteiger partial charge is 0.507 e. The number of benzene rings is 3. The standard InChI is InChI=1S/C19H13N3O2/c20-11-13-5-7-14(8-6-13)12-21-22-19(24)17-9-15-3-1-2-4-16(15)10-18(17)23/h1-10,12,23H,(H,22,24)/b21-12+. The van der Waals surface area contributed by atoms with E-state index in [-0.39, 0.29) is 11.3 Å². The molecule has 0 unspecified atom stereocenters. The molecule has 0 aliphatic heterocycles. The van der Waals surface area contributed by atoms with Crippen LogP contribution >= 0.6 is 0 Å². The van der Waals surface area contributed by atoms with Crippen molar-refractivity contribution < 1.29 is 9.90 Å². The molecule has 0 atom stereocenters. The fourth-order valence-corrected chi connectivity index (χ4v) is 2.28. The molecule has 0 aliphatic rings. The molecule has 0 spiro atoms. The summed E-state index contributed by atoms with van der Waals surface area (Å²) in [5.74, 6) is -0.595. The lowest BCUT2D eigenvalue weighted by atomic mass is 10.1. The normalized spacial score (nSPS) is 10.6. The molecule has 5 nitrogen and oxygen atoms in total. The van der Waals surface area contributed by atoms with Gasteiger partial charge in [-0.3, -0.25) is 4.79 Å². The number of carbonyl (C=O) groups excluding carboxylic acids is 1. The van der Waals surface area contributed by atoms with Gasteiger partial charge in [-0.05, 0) is 40.6 Å². The molecular formula is C19H13N3O2. The van der Waals surface area contributed by atoms with Gasteiger partial charge < -0.3 is 5.11 Å². The smallest absolute Gasteiger partial charge is 0.275 e. The van der Waals surface area contributed by atoms with E-state index in [9.17, 15) is 9.90 Å². The number of nitrogens with zero attached hydrogens (tertiary/aromatic N) is 2. The summed E-state index contributed by atoms with van der Waals surface area (Å²) < 4.78 is 0. The second kappa shape index (κ2) is 6.63. The maximum absolute atomic E-state index is 12.2. The quantitative estimate of drug-likeness (QED) is 0.575. The first-order chi connectivity index (χ1) is 11.7. The van der Waals surface area contributed by atoms with Crippen LogP contribution < -0.4 is 5.43 Å². The molecule has 3 aromatic carbocycles. The first-order valence-electron chi connectivity index (χ1n) is 7.23. The Balaban J connectivity index is 1.76. The number of hydrogen-bond acceptors (Lipinski definition) is 4. The Kier molecular flexibility index (Phi) is 4.21. The summed E-state index contributed by atoms with van der Waals surface area (Å²) in [6.45, 7) is 0. The van der Waals surface area contributed by atoms with Crippen molar-refractivity contribution >= 4 is 22.9 Å². The number of hydrazone groups is 1. The van der Waals surface area contributed by atoms with Crippen molar-refractivity contribution in [2.24, 2.45) is 5.10 Å². The molecule has 3 rings (SSSR count). The maximum Gasteiger partial charge on any atom is 0.275 e. The number of phenols is 1. The minimum Gasteiger partial charge on any atom is -0.507 e. The Morgan fingerprint density at radius 1 is 1.08 bits per heavy atom. The van der Waals surface area contributed by atoms with Crippen molar-refractivity contribution in [1.82, 2.24) is 5.43 Å². The molecule has 0 fully saturated rings. The van der Waals surface area contributed by atoms with E-state index in [0.29, 0.717) is 5.56 Å². The molecule has 2 N–H and O–H groups in total. The molecule has 5 heteroatoms. The number of nitrogens with one attached hydrogen (secondary N) is 1. The second-order valence-electron chi connectivity index (χ2n) is 5.15. The third-order valence-electron chi connectivity index (χ3n) is 3.53. The van der Waals surface area contributed by atoms with E-state index in [1.54, 1.807) is 36.4 Å². The van der Waals surface area contributed by atoms with Crippen LogP contribution in [0.2, 0.25) is 0 Å². The van der Waals surface area contributed by atoms with Crippen LogP contribution in [0.1, 0.15) is 21.5 Å². The van der Waals surface area contributed by atoms with Crippen LogP contribution in [0.3, 0.4) is 0 Å². The summed E-state index contributed by atoms with van der Waals surface area (Å²) in [5.41, 5.74) is 3.85. The van der Waals surface area contributed by atoms with Crippen LogP contribution in [-0.2, 0) is 0 Å². The molecule has 1 amide bonds. The van der Waals surface area contributed by atoms with Gasteiger partial charge in [0, 0.05) is 0 Å². The van der Waals surface area contributed by atoms with E-state index in [4.69, 9.17) is 5.26 Å². The van der Waals surface area contributed by atoms with Crippen LogP contribution in [0.4, 0.5) is 0 Å². The van der Waals surface area contributed by atoms with Crippen molar-refractivity contribution in [2.75, 3.05) is 0 Å². The average Bonchev–Trinajstić information content (AvgIpc) is 2.61. The Hall–Kier alpha value is -3.65. The van der Waals surface area contributed by atoms with Crippen molar-refractivity contribution in [3.8, 4) is 11.8 Å². The van der Waals surface area contributed by atoms with Crippen LogP contribution in [0, 0.1) is 11.3 Å². The van der Waals surface area contributed by atoms with E-state index in [1.807, 2.05) is 30.3 Å². The average molecular weight is 315 g/mol. The Morgan fingerprint density at radius 3 is 2.42 bits per heavy atom. The van der Waals surface area contributed by atoms with Gasteiger partial charge in [0.2, 0.25) is 0 Å². The Bertz CT molecular complexity index is 970. The topological polar surface area (TPSA) is 85.5 Å². The van der Waals surface area contributed by atoms with Gasteiger partial charge in [0.05, 0.1) is 23.4 Å². The molecule has 0 radical (unpaired) electrons. The number of phenolic OH excluding ortho intramolecular Hbond substituents is 1. The van der Waals surface area contributed by atoms with Gasteiger partial charge >= 0.3 is 0 Å². The van der Waals surface area contributed by atoms with Gasteiger partial charge in [0.1, 0.15) is 5.75 Å². The zero-order chi connectivity index (χ0) is 16.9. The minimum absolute atomic E-state index is 0.0974. The molecule has 0 aromatic heterocycles. The van der Waals surface area contributed by atoms with Crippen molar-refractivity contribution in [3.05, 3.63) is 77.4 Å². The summed E-state index contributed by atoms with van der Waals surface area (Å²) in [4.78, 5) is 12.2. The van der Waals surface area contributed by atoms with Gasteiger partial charge in [-0.15, -0.1) is 0 Å². The van der Waals surface area contributed by atoms with Gasteiger partial charge in [-0.25, -0.2) is 5.43 Å². The van der Waals surface area contributed by atoms with Crippen LogP contribution in [0.5, 0.6) is 5.75 Å². The van der Waals surface area contributed by atoms with Gasteiger partial charge in [0.25, 0.3) is 5.91 Å². The molecule has 0 saturated heterocycles. The minimum atomic E-state index is -0.497. The highest BCUT2D eigenvalue weighted by molar-refractivity contribution is 6.01. The van der Waals surface area contributed by atoms with E-state index >= 15 is 0 Å². The highest BCUT2D eigenvalue weighted by Crippen LogP contribution is 2.24. The highest BCUT2D eigenvalue weighted by Gasteiger charge is 2.11. The molecule has 0 bridgehead atoms. The molecule has 24 heavy (non-hydrogen) atoms. The molecular weight excluding hydrogens is 302 g/mol. The summed E-state index contributed by atoms with van der Waals surface area (Å²) in [7, 11) is 0. The second-order valence-corrected chi connectivity index (χ2v) is 5.15. The van der Waals surface area contributed by atoms with Crippen molar-refractivity contribution in [3.63, 3.8) is 0 Å². The van der Waals surface area contributed by atoms with Crippen molar-refractivity contribution in [1.29, 1.82) is 5.26 Å². The monoisotopic (exact) mass is 315 g/mol. The van der Waals surface area contributed by atoms with Gasteiger partial charge in [0.15, 0.2) is 0 Å².